The van der Waals surface area contributed by atoms with Gasteiger partial charge in [-0.3, -0.25) is 9.78 Å². The van der Waals surface area contributed by atoms with Gasteiger partial charge in [0.05, 0.1) is 25.3 Å². The number of carbonyl (C=O) groups is 1. The quantitative estimate of drug-likeness (QED) is 0.542. The average molecular weight is 379 g/mol. The van der Waals surface area contributed by atoms with E-state index < -0.39 is 5.41 Å². The maximum Gasteiger partial charge on any atom is 0.171 e. The van der Waals surface area contributed by atoms with Crippen LogP contribution in [-0.4, -0.2) is 25.0 Å². The summed E-state index contributed by atoms with van der Waals surface area (Å²) in [4.78, 5) is 17.3. The van der Waals surface area contributed by atoms with Gasteiger partial charge in [0.1, 0.15) is 11.5 Å². The molecule has 5 heteroatoms. The van der Waals surface area contributed by atoms with Crippen LogP contribution in [0, 0.1) is 12.3 Å². The number of hydrogen-bond donors (Lipinski definition) is 0. The lowest BCUT2D eigenvalue weighted by molar-refractivity contribution is 0.0856. The third-order valence-electron chi connectivity index (χ3n) is 4.49. The minimum absolute atomic E-state index is 0.0313. The van der Waals surface area contributed by atoms with Crippen LogP contribution in [0.2, 0.25) is 0 Å². The van der Waals surface area contributed by atoms with E-state index in [9.17, 15) is 4.79 Å². The van der Waals surface area contributed by atoms with Crippen LogP contribution in [0.5, 0.6) is 23.0 Å². The van der Waals surface area contributed by atoms with Crippen molar-refractivity contribution in [1.29, 1.82) is 0 Å². The number of fused-ring (bicyclic) bond motifs is 1. The Morgan fingerprint density at radius 2 is 1.57 bits per heavy atom. The molecule has 0 aliphatic rings. The molecule has 0 saturated heterocycles. The van der Waals surface area contributed by atoms with Crippen LogP contribution in [0.1, 0.15) is 36.7 Å². The molecule has 5 nitrogen and oxygen atoms in total. The fraction of sp³-hybridized carbons (Fsp3) is 0.304. The van der Waals surface area contributed by atoms with Crippen molar-refractivity contribution in [3.63, 3.8) is 0 Å². The molecule has 3 rings (SSSR count). The van der Waals surface area contributed by atoms with E-state index in [1.54, 1.807) is 32.5 Å². The van der Waals surface area contributed by atoms with Gasteiger partial charge in [0.15, 0.2) is 17.3 Å². The van der Waals surface area contributed by atoms with Crippen molar-refractivity contribution in [2.45, 2.75) is 27.7 Å². The predicted octanol–water partition coefficient (Wildman–Crippen LogP) is 5.58. The van der Waals surface area contributed by atoms with Gasteiger partial charge < -0.3 is 14.2 Å². The number of methoxy groups -OCH3 is 2. The van der Waals surface area contributed by atoms with Crippen LogP contribution in [0.4, 0.5) is 0 Å². The number of hydrogen-bond acceptors (Lipinski definition) is 5. The molecule has 0 N–H and O–H groups in total. The second kappa shape index (κ2) is 7.50. The highest BCUT2D eigenvalue weighted by Crippen LogP contribution is 2.38. The maximum absolute atomic E-state index is 12.9. The Hall–Kier alpha value is -3.08. The summed E-state index contributed by atoms with van der Waals surface area (Å²) in [5, 5.41) is 0.773. The van der Waals surface area contributed by atoms with Crippen LogP contribution in [0.25, 0.3) is 10.9 Å². The summed E-state index contributed by atoms with van der Waals surface area (Å²) in [7, 11) is 3.17. The number of Topliss-reactive ketones (excluding diaryl/α,β-unsaturated/α-hetero) is 1. The number of aromatic nitrogens is 1. The summed E-state index contributed by atoms with van der Waals surface area (Å²) < 4.78 is 17.0. The first-order valence-electron chi connectivity index (χ1n) is 9.08. The Labute approximate surface area is 165 Å². The van der Waals surface area contributed by atoms with Crippen LogP contribution >= 0.6 is 0 Å². The third kappa shape index (κ3) is 3.79. The van der Waals surface area contributed by atoms with Crippen molar-refractivity contribution >= 4 is 16.7 Å². The van der Waals surface area contributed by atoms with E-state index in [2.05, 4.69) is 4.98 Å². The van der Waals surface area contributed by atoms with E-state index >= 15 is 0 Å². The van der Waals surface area contributed by atoms with E-state index in [1.165, 1.54) is 0 Å². The first-order valence-corrected chi connectivity index (χ1v) is 9.08. The number of pyridine rings is 1. The molecule has 0 unspecified atom stereocenters. The molecule has 3 aromatic rings. The number of ether oxygens (including phenoxy) is 3. The third-order valence-corrected chi connectivity index (χ3v) is 4.49. The summed E-state index contributed by atoms with van der Waals surface area (Å²) in [6, 6.07) is 11.0. The van der Waals surface area contributed by atoms with Gasteiger partial charge in [0.2, 0.25) is 0 Å². The summed E-state index contributed by atoms with van der Waals surface area (Å²) in [6.07, 6.45) is 1.67. The van der Waals surface area contributed by atoms with Gasteiger partial charge in [-0.15, -0.1) is 0 Å². The van der Waals surface area contributed by atoms with Crippen LogP contribution in [0.15, 0.2) is 42.6 Å². The number of benzene rings is 2. The van der Waals surface area contributed by atoms with Gasteiger partial charge in [0, 0.05) is 23.1 Å². The molecule has 1 heterocycles. The van der Waals surface area contributed by atoms with Crippen molar-refractivity contribution < 1.29 is 19.0 Å². The number of rotatable bonds is 5. The lowest BCUT2D eigenvalue weighted by Crippen LogP contribution is -2.20. The van der Waals surface area contributed by atoms with Gasteiger partial charge in [-0.2, -0.15) is 0 Å². The van der Waals surface area contributed by atoms with Gasteiger partial charge in [-0.25, -0.2) is 0 Å². The average Bonchev–Trinajstić information content (AvgIpc) is 2.67. The largest absolute Gasteiger partial charge is 0.493 e. The molecular formula is C23H25NO4. The zero-order valence-electron chi connectivity index (χ0n) is 17.1. The molecule has 2 aromatic carbocycles. The van der Waals surface area contributed by atoms with Gasteiger partial charge >= 0.3 is 0 Å². The highest BCUT2D eigenvalue weighted by molar-refractivity contribution is 6.02. The SMILES string of the molecule is COc1cc2nccc(Oc3ccc(C)cc3C(=O)C(C)(C)C)c2cc1OC. The van der Waals surface area contributed by atoms with E-state index in [0.717, 1.165) is 10.9 Å². The monoisotopic (exact) mass is 379 g/mol. The zero-order valence-corrected chi connectivity index (χ0v) is 17.1. The molecule has 0 spiro atoms. The molecule has 0 radical (unpaired) electrons. The highest BCUT2D eigenvalue weighted by Gasteiger charge is 2.26. The van der Waals surface area contributed by atoms with Gasteiger partial charge in [-0.1, -0.05) is 32.4 Å². The zero-order chi connectivity index (χ0) is 20.5. The smallest absolute Gasteiger partial charge is 0.171 e. The first-order chi connectivity index (χ1) is 13.2. The van der Waals surface area contributed by atoms with E-state index in [0.29, 0.717) is 34.1 Å². The van der Waals surface area contributed by atoms with Crippen LogP contribution < -0.4 is 14.2 Å². The molecule has 1 aromatic heterocycles. The molecule has 0 fully saturated rings. The molecule has 0 amide bonds. The number of nitrogens with zero attached hydrogens (tertiary/aromatic N) is 1. The van der Waals surface area contributed by atoms with Crippen molar-refractivity contribution in [3.8, 4) is 23.0 Å². The topological polar surface area (TPSA) is 57.7 Å². The van der Waals surface area contributed by atoms with Crippen LogP contribution in [-0.2, 0) is 0 Å². The molecule has 28 heavy (non-hydrogen) atoms. The Balaban J connectivity index is 2.12. The minimum Gasteiger partial charge on any atom is -0.493 e. The van der Waals surface area contributed by atoms with Crippen molar-refractivity contribution in [2.24, 2.45) is 5.41 Å². The van der Waals surface area contributed by atoms with Gasteiger partial charge in [-0.05, 0) is 31.2 Å². The summed E-state index contributed by atoms with van der Waals surface area (Å²) >= 11 is 0. The molecule has 0 aliphatic heterocycles. The first kappa shape index (κ1) is 19.7. The minimum atomic E-state index is -0.511. The van der Waals surface area contributed by atoms with E-state index in [4.69, 9.17) is 14.2 Å². The van der Waals surface area contributed by atoms with Crippen molar-refractivity contribution in [3.05, 3.63) is 53.7 Å². The van der Waals surface area contributed by atoms with E-state index in [-0.39, 0.29) is 5.78 Å². The number of ketones is 1. The molecule has 0 saturated carbocycles. The van der Waals surface area contributed by atoms with Crippen molar-refractivity contribution in [2.75, 3.05) is 14.2 Å². The van der Waals surface area contributed by atoms with Gasteiger partial charge in [0.25, 0.3) is 0 Å². The second-order valence-corrected chi connectivity index (χ2v) is 7.71. The Morgan fingerprint density at radius 1 is 0.893 bits per heavy atom. The fourth-order valence-corrected chi connectivity index (χ4v) is 2.97. The predicted molar refractivity (Wildman–Crippen MR) is 110 cm³/mol. The van der Waals surface area contributed by atoms with Crippen LogP contribution in [0.3, 0.4) is 0 Å². The maximum atomic E-state index is 12.9. The van der Waals surface area contributed by atoms with Crippen molar-refractivity contribution in [1.82, 2.24) is 4.98 Å². The second-order valence-electron chi connectivity index (χ2n) is 7.71. The highest BCUT2D eigenvalue weighted by atomic mass is 16.5. The molecule has 0 bridgehead atoms. The Morgan fingerprint density at radius 3 is 2.21 bits per heavy atom. The fourth-order valence-electron chi connectivity index (χ4n) is 2.97. The Kier molecular flexibility index (Phi) is 5.27. The summed E-state index contributed by atoms with van der Waals surface area (Å²) in [5.41, 5.74) is 1.78. The molecular weight excluding hydrogens is 354 g/mol. The number of aryl methyl sites for hydroxylation is 1. The molecule has 146 valence electrons. The molecule has 0 aliphatic carbocycles. The lowest BCUT2D eigenvalue weighted by atomic mass is 9.85. The summed E-state index contributed by atoms with van der Waals surface area (Å²) in [6.45, 7) is 7.67. The molecule has 0 atom stereocenters. The number of carbonyl (C=O) groups excluding carboxylic acids is 1. The van der Waals surface area contributed by atoms with E-state index in [1.807, 2.05) is 52.0 Å². The standard InChI is InChI=1S/C23H25NO4/c1-14-7-8-18(16(11-14)22(25)23(2,3)4)28-19-9-10-24-17-13-21(27-6)20(26-5)12-15(17)19/h7-13H,1-6H3. The lowest BCUT2D eigenvalue weighted by Gasteiger charge is -2.20. The summed E-state index contributed by atoms with van der Waals surface area (Å²) in [5.74, 6) is 2.33. The Bertz CT molecular complexity index is 1030. The normalized spacial score (nSPS) is 11.4.